The molecular formula is C15H20BrN3O2. The number of nitrogens with zero attached hydrogens (tertiary/aromatic N) is 1. The summed E-state index contributed by atoms with van der Waals surface area (Å²) in [5.41, 5.74) is 5.72. The number of piperidine rings is 1. The first-order valence-electron chi connectivity index (χ1n) is 6.93. The van der Waals surface area contributed by atoms with Gasteiger partial charge in [0, 0.05) is 18.1 Å². The standard InChI is InChI=1S/C15H20BrN3O2/c1-15(17,10-5-7-11(16)8-6-10)14(21)18-12-4-3-9-19(2)13(12)20/h5-8,12H,3-4,9,17H2,1-2H3,(H,18,21). The quantitative estimate of drug-likeness (QED) is 0.861. The third-order valence-corrected chi connectivity index (χ3v) is 4.41. The molecule has 2 rings (SSSR count). The topological polar surface area (TPSA) is 75.4 Å². The molecule has 2 unspecified atom stereocenters. The monoisotopic (exact) mass is 353 g/mol. The van der Waals surface area contributed by atoms with E-state index in [4.69, 9.17) is 5.73 Å². The summed E-state index contributed by atoms with van der Waals surface area (Å²) >= 11 is 3.35. The minimum atomic E-state index is -1.17. The summed E-state index contributed by atoms with van der Waals surface area (Å²) in [5.74, 6) is -0.389. The van der Waals surface area contributed by atoms with E-state index in [0.29, 0.717) is 12.0 Å². The van der Waals surface area contributed by atoms with Crippen LogP contribution >= 0.6 is 15.9 Å². The maximum Gasteiger partial charge on any atom is 0.245 e. The number of carbonyl (C=O) groups is 2. The van der Waals surface area contributed by atoms with Gasteiger partial charge in [0.15, 0.2) is 0 Å². The number of amides is 2. The molecule has 114 valence electrons. The predicted octanol–water partition coefficient (Wildman–Crippen LogP) is 1.36. The Hall–Kier alpha value is -1.40. The zero-order valence-electron chi connectivity index (χ0n) is 12.2. The third kappa shape index (κ3) is 3.44. The second-order valence-electron chi connectivity index (χ2n) is 5.64. The molecule has 1 fully saturated rings. The molecule has 1 aliphatic heterocycles. The van der Waals surface area contributed by atoms with Gasteiger partial charge in [-0.3, -0.25) is 9.59 Å². The van der Waals surface area contributed by atoms with Crippen molar-refractivity contribution in [1.82, 2.24) is 10.2 Å². The summed E-state index contributed by atoms with van der Waals surface area (Å²) in [6.07, 6.45) is 1.54. The first kappa shape index (κ1) is 16.0. The highest BCUT2D eigenvalue weighted by Gasteiger charge is 2.35. The van der Waals surface area contributed by atoms with E-state index in [1.54, 1.807) is 31.0 Å². The van der Waals surface area contributed by atoms with Gasteiger partial charge in [-0.25, -0.2) is 0 Å². The average Bonchev–Trinajstić information content (AvgIpc) is 2.44. The van der Waals surface area contributed by atoms with Gasteiger partial charge >= 0.3 is 0 Å². The lowest BCUT2D eigenvalue weighted by Gasteiger charge is -2.32. The Kier molecular flexibility index (Phi) is 4.68. The molecule has 1 saturated heterocycles. The number of benzene rings is 1. The van der Waals surface area contributed by atoms with Crippen LogP contribution in [0.25, 0.3) is 0 Å². The lowest BCUT2D eigenvalue weighted by Crippen LogP contribution is -2.57. The van der Waals surface area contributed by atoms with Gasteiger partial charge in [-0.05, 0) is 37.5 Å². The third-order valence-electron chi connectivity index (χ3n) is 3.88. The fourth-order valence-electron chi connectivity index (χ4n) is 2.40. The van der Waals surface area contributed by atoms with Crippen LogP contribution in [-0.4, -0.2) is 36.3 Å². The lowest BCUT2D eigenvalue weighted by molar-refractivity contribution is -0.138. The van der Waals surface area contributed by atoms with Crippen molar-refractivity contribution in [2.24, 2.45) is 5.73 Å². The van der Waals surface area contributed by atoms with Gasteiger partial charge < -0.3 is 16.0 Å². The number of likely N-dealkylation sites (N-methyl/N-ethyl adjacent to an activating group) is 1. The molecule has 2 amide bonds. The van der Waals surface area contributed by atoms with Gasteiger partial charge in [0.1, 0.15) is 11.6 Å². The highest BCUT2D eigenvalue weighted by atomic mass is 79.9. The summed E-state index contributed by atoms with van der Waals surface area (Å²) in [6, 6.07) is 6.81. The Morgan fingerprint density at radius 3 is 2.67 bits per heavy atom. The SMILES string of the molecule is CN1CCCC(NC(=O)C(C)(N)c2ccc(Br)cc2)C1=O. The number of carbonyl (C=O) groups excluding carboxylic acids is 2. The van der Waals surface area contributed by atoms with Crippen molar-refractivity contribution in [3.63, 3.8) is 0 Å². The Morgan fingerprint density at radius 1 is 1.43 bits per heavy atom. The molecule has 6 heteroatoms. The van der Waals surface area contributed by atoms with Crippen molar-refractivity contribution in [1.29, 1.82) is 0 Å². The Bertz CT molecular complexity index is 542. The van der Waals surface area contributed by atoms with Gasteiger partial charge in [0.05, 0.1) is 0 Å². The van der Waals surface area contributed by atoms with E-state index in [2.05, 4.69) is 21.2 Å². The lowest BCUT2D eigenvalue weighted by atomic mass is 9.91. The molecular weight excluding hydrogens is 334 g/mol. The van der Waals surface area contributed by atoms with Crippen LogP contribution in [0.3, 0.4) is 0 Å². The molecule has 1 aliphatic rings. The maximum absolute atomic E-state index is 12.5. The number of hydrogen-bond donors (Lipinski definition) is 2. The Balaban J connectivity index is 2.11. The Labute approximate surface area is 133 Å². The number of nitrogens with two attached hydrogens (primary N) is 1. The van der Waals surface area contributed by atoms with Crippen LogP contribution in [0.15, 0.2) is 28.7 Å². The van der Waals surface area contributed by atoms with Crippen molar-refractivity contribution in [3.05, 3.63) is 34.3 Å². The van der Waals surface area contributed by atoms with E-state index < -0.39 is 11.6 Å². The summed E-state index contributed by atoms with van der Waals surface area (Å²) in [4.78, 5) is 26.1. The summed E-state index contributed by atoms with van der Waals surface area (Å²) in [7, 11) is 1.75. The molecule has 1 aromatic carbocycles. The number of likely N-dealkylation sites (tertiary alicyclic amines) is 1. The van der Waals surface area contributed by atoms with Gasteiger partial charge in [-0.2, -0.15) is 0 Å². The molecule has 21 heavy (non-hydrogen) atoms. The molecule has 0 saturated carbocycles. The molecule has 5 nitrogen and oxygen atoms in total. The highest BCUT2D eigenvalue weighted by Crippen LogP contribution is 2.21. The van der Waals surface area contributed by atoms with Crippen molar-refractivity contribution < 1.29 is 9.59 Å². The molecule has 0 radical (unpaired) electrons. The van der Waals surface area contributed by atoms with Gasteiger partial charge in [-0.1, -0.05) is 28.1 Å². The molecule has 2 atom stereocenters. The summed E-state index contributed by atoms with van der Waals surface area (Å²) in [5, 5.41) is 2.79. The van der Waals surface area contributed by atoms with Gasteiger partial charge in [0.2, 0.25) is 11.8 Å². The molecule has 3 N–H and O–H groups in total. The molecule has 0 aromatic heterocycles. The second kappa shape index (κ2) is 6.15. The number of halogens is 1. The maximum atomic E-state index is 12.5. The first-order chi connectivity index (χ1) is 9.82. The zero-order chi connectivity index (χ0) is 15.6. The van der Waals surface area contributed by atoms with Crippen molar-refractivity contribution in [3.8, 4) is 0 Å². The normalized spacial score (nSPS) is 21.8. The van der Waals surface area contributed by atoms with E-state index in [0.717, 1.165) is 17.4 Å². The fourth-order valence-corrected chi connectivity index (χ4v) is 2.67. The van der Waals surface area contributed by atoms with Gasteiger partial charge in [0.25, 0.3) is 0 Å². The summed E-state index contributed by atoms with van der Waals surface area (Å²) < 4.78 is 0.923. The number of nitrogens with one attached hydrogen (secondary N) is 1. The molecule has 1 aromatic rings. The predicted molar refractivity (Wildman–Crippen MR) is 84.5 cm³/mol. The first-order valence-corrected chi connectivity index (χ1v) is 7.72. The van der Waals surface area contributed by atoms with Crippen molar-refractivity contribution in [2.75, 3.05) is 13.6 Å². The average molecular weight is 354 g/mol. The van der Waals surface area contributed by atoms with Crippen LogP contribution in [0.5, 0.6) is 0 Å². The van der Waals surface area contributed by atoms with Crippen LogP contribution in [-0.2, 0) is 15.1 Å². The molecule has 0 bridgehead atoms. The van der Waals surface area contributed by atoms with Crippen LogP contribution in [0.2, 0.25) is 0 Å². The van der Waals surface area contributed by atoms with Crippen LogP contribution in [0, 0.1) is 0 Å². The number of hydrogen-bond acceptors (Lipinski definition) is 3. The fraction of sp³-hybridized carbons (Fsp3) is 0.467. The van der Waals surface area contributed by atoms with Crippen LogP contribution < -0.4 is 11.1 Å². The smallest absolute Gasteiger partial charge is 0.245 e. The molecule has 0 aliphatic carbocycles. The van der Waals surface area contributed by atoms with Crippen molar-refractivity contribution in [2.45, 2.75) is 31.3 Å². The van der Waals surface area contributed by atoms with E-state index >= 15 is 0 Å². The number of rotatable bonds is 3. The second-order valence-corrected chi connectivity index (χ2v) is 6.55. The minimum absolute atomic E-state index is 0.0544. The van der Waals surface area contributed by atoms with E-state index in [1.807, 2.05) is 12.1 Å². The van der Waals surface area contributed by atoms with Crippen molar-refractivity contribution >= 4 is 27.7 Å². The zero-order valence-corrected chi connectivity index (χ0v) is 13.8. The largest absolute Gasteiger partial charge is 0.344 e. The van der Waals surface area contributed by atoms with E-state index in [1.165, 1.54) is 0 Å². The van der Waals surface area contributed by atoms with E-state index in [9.17, 15) is 9.59 Å². The Morgan fingerprint density at radius 2 is 2.05 bits per heavy atom. The molecule has 1 heterocycles. The molecule has 0 spiro atoms. The summed E-state index contributed by atoms with van der Waals surface area (Å²) in [6.45, 7) is 2.39. The van der Waals surface area contributed by atoms with Crippen LogP contribution in [0.1, 0.15) is 25.3 Å². The highest BCUT2D eigenvalue weighted by molar-refractivity contribution is 9.10. The van der Waals surface area contributed by atoms with Crippen LogP contribution in [0.4, 0.5) is 0 Å². The minimum Gasteiger partial charge on any atom is -0.344 e. The van der Waals surface area contributed by atoms with Gasteiger partial charge in [-0.15, -0.1) is 0 Å². The van der Waals surface area contributed by atoms with E-state index in [-0.39, 0.29) is 11.8 Å².